The highest BCUT2D eigenvalue weighted by atomic mass is 16.2. The Balaban J connectivity index is 2.04. The maximum Gasteiger partial charge on any atom is 0.274 e. The minimum atomic E-state index is -0.310. The van der Waals surface area contributed by atoms with E-state index in [1.54, 1.807) is 24.3 Å². The summed E-state index contributed by atoms with van der Waals surface area (Å²) < 4.78 is 0. The third kappa shape index (κ3) is 3.60. The van der Waals surface area contributed by atoms with E-state index in [2.05, 4.69) is 20.6 Å². The molecule has 2 rings (SSSR count). The lowest BCUT2D eigenvalue weighted by Crippen LogP contribution is -2.13. The Morgan fingerprint density at radius 3 is 2.16 bits per heavy atom. The van der Waals surface area contributed by atoms with Crippen LogP contribution < -0.4 is 10.6 Å². The van der Waals surface area contributed by atoms with Gasteiger partial charge in [0.2, 0.25) is 5.91 Å². The maximum absolute atomic E-state index is 11.8. The molecule has 0 fully saturated rings. The number of nitrogens with zero attached hydrogens (tertiary/aromatic N) is 2. The van der Waals surface area contributed by atoms with E-state index in [0.29, 0.717) is 17.1 Å². The first-order valence-electron chi connectivity index (χ1n) is 5.60. The molecule has 1 aromatic carbocycles. The third-order valence-corrected chi connectivity index (χ3v) is 2.28. The van der Waals surface area contributed by atoms with Crippen LogP contribution >= 0.6 is 0 Å². The Kier molecular flexibility index (Phi) is 3.82. The van der Waals surface area contributed by atoms with Gasteiger partial charge in [-0.1, -0.05) is 0 Å². The Labute approximate surface area is 109 Å². The zero-order valence-electron chi connectivity index (χ0n) is 10.3. The van der Waals surface area contributed by atoms with Crippen LogP contribution in [0, 0.1) is 0 Å². The molecular formula is C13H12N4O2. The van der Waals surface area contributed by atoms with Crippen LogP contribution in [-0.2, 0) is 4.79 Å². The van der Waals surface area contributed by atoms with Crippen molar-refractivity contribution in [2.75, 3.05) is 10.6 Å². The maximum atomic E-state index is 11.8. The number of hydrogen-bond acceptors (Lipinski definition) is 4. The first-order valence-corrected chi connectivity index (χ1v) is 5.60. The number of carbonyl (C=O) groups excluding carboxylic acids is 2. The van der Waals surface area contributed by atoms with Crippen molar-refractivity contribution in [3.63, 3.8) is 0 Å². The van der Waals surface area contributed by atoms with Gasteiger partial charge in [0, 0.05) is 24.5 Å². The molecule has 6 nitrogen and oxygen atoms in total. The fourth-order valence-electron chi connectivity index (χ4n) is 1.46. The number of aromatic nitrogens is 2. The van der Waals surface area contributed by atoms with E-state index >= 15 is 0 Å². The zero-order valence-corrected chi connectivity index (χ0v) is 10.3. The van der Waals surface area contributed by atoms with Crippen LogP contribution in [0.3, 0.4) is 0 Å². The highest BCUT2D eigenvalue weighted by Crippen LogP contribution is 2.14. The lowest BCUT2D eigenvalue weighted by Gasteiger charge is -2.06. The summed E-state index contributed by atoms with van der Waals surface area (Å²) in [7, 11) is 0. The van der Waals surface area contributed by atoms with Crippen LogP contribution in [0.5, 0.6) is 0 Å². The van der Waals surface area contributed by atoms with Crippen LogP contribution in [0.2, 0.25) is 0 Å². The minimum Gasteiger partial charge on any atom is -0.326 e. The smallest absolute Gasteiger partial charge is 0.274 e. The van der Waals surface area contributed by atoms with Gasteiger partial charge in [-0.25, -0.2) is 9.97 Å². The monoisotopic (exact) mass is 256 g/mol. The van der Waals surface area contributed by atoms with E-state index in [4.69, 9.17) is 0 Å². The molecule has 0 saturated carbocycles. The summed E-state index contributed by atoms with van der Waals surface area (Å²) in [6.45, 7) is 1.44. The number of anilines is 2. The predicted molar refractivity (Wildman–Crippen MR) is 70.7 cm³/mol. The zero-order chi connectivity index (χ0) is 13.7. The molecule has 2 amide bonds. The van der Waals surface area contributed by atoms with Crippen LogP contribution in [0.15, 0.2) is 42.9 Å². The molecule has 0 saturated heterocycles. The molecule has 0 atom stereocenters. The second-order valence-corrected chi connectivity index (χ2v) is 3.81. The number of rotatable bonds is 3. The van der Waals surface area contributed by atoms with Crippen molar-refractivity contribution in [2.24, 2.45) is 0 Å². The molecule has 0 aliphatic carbocycles. The molecule has 1 heterocycles. The van der Waals surface area contributed by atoms with Gasteiger partial charge in [0.25, 0.3) is 5.91 Å². The van der Waals surface area contributed by atoms with Crippen LogP contribution in [0.1, 0.15) is 17.4 Å². The van der Waals surface area contributed by atoms with Gasteiger partial charge in [-0.05, 0) is 30.3 Å². The van der Waals surface area contributed by atoms with Gasteiger partial charge < -0.3 is 10.6 Å². The normalized spacial score (nSPS) is 9.74. The third-order valence-electron chi connectivity index (χ3n) is 2.28. The molecule has 1 aromatic heterocycles. The van der Waals surface area contributed by atoms with Gasteiger partial charge in [-0.2, -0.15) is 0 Å². The lowest BCUT2D eigenvalue weighted by molar-refractivity contribution is -0.114. The van der Waals surface area contributed by atoms with Crippen molar-refractivity contribution in [1.82, 2.24) is 9.97 Å². The molecule has 96 valence electrons. The molecule has 0 aliphatic heterocycles. The Morgan fingerprint density at radius 1 is 1.00 bits per heavy atom. The molecule has 0 bridgehead atoms. The van der Waals surface area contributed by atoms with Crippen molar-refractivity contribution in [3.05, 3.63) is 48.5 Å². The van der Waals surface area contributed by atoms with Crippen LogP contribution in [0.25, 0.3) is 0 Å². The van der Waals surface area contributed by atoms with Gasteiger partial charge in [0.15, 0.2) is 0 Å². The van der Waals surface area contributed by atoms with E-state index in [-0.39, 0.29) is 11.8 Å². The molecule has 19 heavy (non-hydrogen) atoms. The molecule has 2 aromatic rings. The molecule has 2 N–H and O–H groups in total. The van der Waals surface area contributed by atoms with Gasteiger partial charge in [0.1, 0.15) is 12.0 Å². The molecule has 0 spiro atoms. The Morgan fingerprint density at radius 2 is 1.63 bits per heavy atom. The Bertz CT molecular complexity index is 581. The summed E-state index contributed by atoms with van der Waals surface area (Å²) in [6.07, 6.45) is 2.82. The van der Waals surface area contributed by atoms with Crippen molar-refractivity contribution in [1.29, 1.82) is 0 Å². The first kappa shape index (κ1) is 12.7. The second-order valence-electron chi connectivity index (χ2n) is 3.81. The molecule has 0 aliphatic rings. The minimum absolute atomic E-state index is 0.141. The van der Waals surface area contributed by atoms with Gasteiger partial charge >= 0.3 is 0 Å². The van der Waals surface area contributed by atoms with E-state index in [9.17, 15) is 9.59 Å². The summed E-state index contributed by atoms with van der Waals surface area (Å²) in [6, 6.07) is 8.34. The molecule has 0 unspecified atom stereocenters. The summed E-state index contributed by atoms with van der Waals surface area (Å²) in [5.41, 5.74) is 1.59. The van der Waals surface area contributed by atoms with Crippen molar-refractivity contribution in [2.45, 2.75) is 6.92 Å². The quantitative estimate of drug-likeness (QED) is 0.875. The topological polar surface area (TPSA) is 84.0 Å². The van der Waals surface area contributed by atoms with Crippen LogP contribution in [-0.4, -0.2) is 21.8 Å². The van der Waals surface area contributed by atoms with E-state index in [1.807, 2.05) is 0 Å². The summed E-state index contributed by atoms with van der Waals surface area (Å²) in [4.78, 5) is 30.3. The van der Waals surface area contributed by atoms with Crippen LogP contribution in [0.4, 0.5) is 11.4 Å². The SMILES string of the molecule is CC(=O)Nc1ccc(NC(=O)c2ccncn2)cc1. The average molecular weight is 256 g/mol. The highest BCUT2D eigenvalue weighted by Gasteiger charge is 2.06. The van der Waals surface area contributed by atoms with Gasteiger partial charge in [-0.3, -0.25) is 9.59 Å². The lowest BCUT2D eigenvalue weighted by atomic mass is 10.2. The van der Waals surface area contributed by atoms with Crippen molar-refractivity contribution < 1.29 is 9.59 Å². The summed E-state index contributed by atoms with van der Waals surface area (Å²) in [5, 5.41) is 5.34. The van der Waals surface area contributed by atoms with Crippen molar-refractivity contribution >= 4 is 23.2 Å². The second kappa shape index (κ2) is 5.72. The molecular weight excluding hydrogens is 244 g/mol. The number of carbonyl (C=O) groups is 2. The standard InChI is InChI=1S/C13H12N4O2/c1-9(18)16-10-2-4-11(5-3-10)17-13(19)12-6-7-14-8-15-12/h2-8H,1H3,(H,16,18)(H,17,19). The van der Waals surface area contributed by atoms with E-state index < -0.39 is 0 Å². The number of amides is 2. The first-order chi connectivity index (χ1) is 9.15. The summed E-state index contributed by atoms with van der Waals surface area (Å²) >= 11 is 0. The van der Waals surface area contributed by atoms with Crippen molar-refractivity contribution in [3.8, 4) is 0 Å². The van der Waals surface area contributed by atoms with E-state index in [1.165, 1.54) is 25.5 Å². The molecule has 6 heteroatoms. The molecule has 0 radical (unpaired) electrons. The Hall–Kier alpha value is -2.76. The predicted octanol–water partition coefficient (Wildman–Crippen LogP) is 1.69. The fraction of sp³-hybridized carbons (Fsp3) is 0.0769. The van der Waals surface area contributed by atoms with Gasteiger partial charge in [-0.15, -0.1) is 0 Å². The van der Waals surface area contributed by atoms with Gasteiger partial charge in [0.05, 0.1) is 0 Å². The fourth-order valence-corrected chi connectivity index (χ4v) is 1.46. The van der Waals surface area contributed by atoms with E-state index in [0.717, 1.165) is 0 Å². The largest absolute Gasteiger partial charge is 0.326 e. The summed E-state index contributed by atoms with van der Waals surface area (Å²) in [5.74, 6) is -0.451. The number of hydrogen-bond donors (Lipinski definition) is 2. The number of nitrogens with one attached hydrogen (secondary N) is 2. The average Bonchev–Trinajstić information content (AvgIpc) is 2.41. The number of benzene rings is 1. The highest BCUT2D eigenvalue weighted by molar-refractivity contribution is 6.02.